The highest BCUT2D eigenvalue weighted by atomic mass is 14.9. The second-order valence-corrected chi connectivity index (χ2v) is 6.14. The van der Waals surface area contributed by atoms with Crippen molar-refractivity contribution >= 4 is 10.8 Å². The minimum Gasteiger partial charge on any atom is -0.356 e. The molecule has 1 aromatic heterocycles. The number of hydrogen-bond donors (Lipinski definition) is 1. The Hall–Kier alpha value is -2.06. The van der Waals surface area contributed by atoms with Crippen molar-refractivity contribution in [3.8, 4) is 0 Å². The average molecular weight is 353 g/mol. The lowest BCUT2D eigenvalue weighted by atomic mass is 9.97. The molecule has 0 saturated heterocycles. The predicted molar refractivity (Wildman–Crippen MR) is 117 cm³/mol. The molecule has 0 atom stereocenters. The first kappa shape index (κ1) is 22.0. The summed E-state index contributed by atoms with van der Waals surface area (Å²) in [6, 6.07) is 13.0. The van der Waals surface area contributed by atoms with Gasteiger partial charge in [0.15, 0.2) is 0 Å². The third-order valence-electron chi connectivity index (χ3n) is 4.41. The predicted octanol–water partition coefficient (Wildman–Crippen LogP) is 6.18. The van der Waals surface area contributed by atoms with E-state index in [9.17, 15) is 0 Å². The van der Waals surface area contributed by atoms with Crippen LogP contribution in [0.2, 0.25) is 0 Å². The Morgan fingerprint density at radius 3 is 2.15 bits per heavy atom. The highest BCUT2D eigenvalue weighted by molar-refractivity contribution is 5.85. The number of fused-ring (bicyclic) bond motifs is 2. The van der Waals surface area contributed by atoms with Gasteiger partial charge in [0.05, 0.1) is 0 Å². The van der Waals surface area contributed by atoms with E-state index in [0.717, 1.165) is 13.1 Å². The fourth-order valence-corrected chi connectivity index (χ4v) is 3.14. The lowest BCUT2D eigenvalue weighted by Crippen LogP contribution is -2.24. The van der Waals surface area contributed by atoms with Crippen molar-refractivity contribution in [1.82, 2.24) is 9.88 Å². The van der Waals surface area contributed by atoms with Gasteiger partial charge in [-0.25, -0.2) is 0 Å². The maximum Gasteiger partial charge on any atom is 0.0210 e. The molecule has 0 saturated carbocycles. The first-order valence-electron chi connectivity index (χ1n) is 9.94. The topological polar surface area (TPSA) is 17.0 Å². The molecule has 1 N–H and O–H groups in total. The highest BCUT2D eigenvalue weighted by Crippen LogP contribution is 2.18. The largest absolute Gasteiger partial charge is 0.356 e. The smallest absolute Gasteiger partial charge is 0.0210 e. The first-order chi connectivity index (χ1) is 12.6. The highest BCUT2D eigenvalue weighted by Gasteiger charge is 2.08. The Labute approximate surface area is 160 Å². The minimum atomic E-state index is 1.06. The summed E-state index contributed by atoms with van der Waals surface area (Å²) in [6.45, 7) is 14.5. The number of nitrogens with zero attached hydrogens (tertiary/aromatic N) is 1. The normalized spacial score (nSPS) is 11.8. The van der Waals surface area contributed by atoms with Gasteiger partial charge in [0.25, 0.3) is 0 Å². The van der Waals surface area contributed by atoms with Crippen molar-refractivity contribution < 1.29 is 0 Å². The average Bonchev–Trinajstić information content (AvgIpc) is 3.08. The van der Waals surface area contributed by atoms with E-state index in [1.165, 1.54) is 39.4 Å². The molecule has 1 aliphatic heterocycles. The molecule has 0 fully saturated rings. The molecule has 2 heteroatoms. The fourth-order valence-electron chi connectivity index (χ4n) is 3.14. The molecule has 0 spiro atoms. The van der Waals surface area contributed by atoms with Gasteiger partial charge in [-0.2, -0.15) is 0 Å². The maximum atomic E-state index is 3.38. The van der Waals surface area contributed by atoms with Crippen molar-refractivity contribution in [1.29, 1.82) is 0 Å². The molecular weight excluding hydrogens is 316 g/mol. The zero-order valence-electron chi connectivity index (χ0n) is 17.7. The van der Waals surface area contributed by atoms with E-state index in [1.54, 1.807) is 0 Å². The molecule has 0 aliphatic carbocycles. The molecule has 2 aromatic carbocycles. The molecule has 2 nitrogen and oxygen atoms in total. The summed E-state index contributed by atoms with van der Waals surface area (Å²) >= 11 is 0. The minimum absolute atomic E-state index is 1.06. The van der Waals surface area contributed by atoms with Crippen molar-refractivity contribution in [3.05, 3.63) is 71.0 Å². The summed E-state index contributed by atoms with van der Waals surface area (Å²) in [6.07, 6.45) is 5.49. The SMILES string of the molecule is CC.CC.Cc1cccc2c1CNCC2.Cc1cccc2cn(C)cc12. The number of hydrogen-bond acceptors (Lipinski definition) is 1. The van der Waals surface area contributed by atoms with Gasteiger partial charge in [0.1, 0.15) is 0 Å². The van der Waals surface area contributed by atoms with Crippen LogP contribution in [0, 0.1) is 13.8 Å². The van der Waals surface area contributed by atoms with Crippen molar-refractivity contribution in [2.45, 2.75) is 54.5 Å². The van der Waals surface area contributed by atoms with Crippen LogP contribution in [0.4, 0.5) is 0 Å². The summed E-state index contributed by atoms with van der Waals surface area (Å²) in [4.78, 5) is 0. The van der Waals surface area contributed by atoms with Crippen LogP contribution in [-0.2, 0) is 20.0 Å². The van der Waals surface area contributed by atoms with Gasteiger partial charge < -0.3 is 9.88 Å². The summed E-state index contributed by atoms with van der Waals surface area (Å²) in [5.41, 5.74) is 5.82. The standard InChI is InChI=1S/C10H11N.C10H13N.2C2H6/c1-8-4-3-5-9-6-11(2)7-10(8)9;1-8-3-2-4-9-5-6-11-7-10(8)9;2*1-2/h3-7H,1-2H3;2-4,11H,5-7H2,1H3;2*1-2H3. The van der Waals surface area contributed by atoms with E-state index >= 15 is 0 Å². The van der Waals surface area contributed by atoms with Gasteiger partial charge in [-0.05, 0) is 54.5 Å². The van der Waals surface area contributed by atoms with Crippen LogP contribution in [0.5, 0.6) is 0 Å². The molecule has 142 valence electrons. The lowest BCUT2D eigenvalue weighted by Gasteiger charge is -2.18. The van der Waals surface area contributed by atoms with Crippen LogP contribution in [0.1, 0.15) is 49.9 Å². The van der Waals surface area contributed by atoms with Crippen LogP contribution < -0.4 is 5.32 Å². The maximum absolute atomic E-state index is 3.38. The molecule has 26 heavy (non-hydrogen) atoms. The molecule has 3 aromatic rings. The third-order valence-corrected chi connectivity index (χ3v) is 4.41. The van der Waals surface area contributed by atoms with Crippen molar-refractivity contribution in [2.24, 2.45) is 7.05 Å². The molecule has 0 bridgehead atoms. The number of aromatic nitrogens is 1. The third kappa shape index (κ3) is 5.74. The first-order valence-corrected chi connectivity index (χ1v) is 9.94. The second kappa shape index (κ2) is 11.5. The van der Waals surface area contributed by atoms with Crippen molar-refractivity contribution in [3.63, 3.8) is 0 Å². The van der Waals surface area contributed by atoms with Crippen LogP contribution in [0.25, 0.3) is 10.8 Å². The van der Waals surface area contributed by atoms with Gasteiger partial charge in [0, 0.05) is 31.4 Å². The van der Waals surface area contributed by atoms with E-state index in [4.69, 9.17) is 0 Å². The summed E-state index contributed by atoms with van der Waals surface area (Å²) < 4.78 is 2.09. The fraction of sp³-hybridized carbons (Fsp3) is 0.417. The lowest BCUT2D eigenvalue weighted by molar-refractivity contribution is 0.640. The molecule has 4 rings (SSSR count). The van der Waals surface area contributed by atoms with Gasteiger partial charge in [-0.1, -0.05) is 64.1 Å². The van der Waals surface area contributed by atoms with Crippen LogP contribution >= 0.6 is 0 Å². The Kier molecular flexibility index (Phi) is 9.75. The number of rotatable bonds is 0. The molecule has 0 amide bonds. The zero-order valence-corrected chi connectivity index (χ0v) is 17.7. The van der Waals surface area contributed by atoms with Gasteiger partial charge in [-0.15, -0.1) is 0 Å². The quantitative estimate of drug-likeness (QED) is 0.511. The van der Waals surface area contributed by atoms with Crippen molar-refractivity contribution in [2.75, 3.05) is 6.54 Å². The number of aryl methyl sites for hydroxylation is 3. The van der Waals surface area contributed by atoms with E-state index < -0.39 is 0 Å². The molecule has 0 unspecified atom stereocenters. The Morgan fingerprint density at radius 2 is 1.50 bits per heavy atom. The summed E-state index contributed by atoms with van der Waals surface area (Å²) in [7, 11) is 2.06. The van der Waals surface area contributed by atoms with Gasteiger partial charge in [-0.3, -0.25) is 0 Å². The van der Waals surface area contributed by atoms with Crippen LogP contribution in [0.3, 0.4) is 0 Å². The number of benzene rings is 2. The van der Waals surface area contributed by atoms with Crippen LogP contribution in [-0.4, -0.2) is 11.1 Å². The Bertz CT molecular complexity index is 784. The molecule has 1 aliphatic rings. The van der Waals surface area contributed by atoms with Gasteiger partial charge in [0.2, 0.25) is 0 Å². The van der Waals surface area contributed by atoms with E-state index in [1.807, 2.05) is 27.7 Å². The van der Waals surface area contributed by atoms with E-state index in [-0.39, 0.29) is 0 Å². The van der Waals surface area contributed by atoms with Crippen LogP contribution in [0.15, 0.2) is 48.8 Å². The van der Waals surface area contributed by atoms with Gasteiger partial charge >= 0.3 is 0 Å². The van der Waals surface area contributed by atoms with E-state index in [0.29, 0.717) is 0 Å². The number of nitrogens with one attached hydrogen (secondary N) is 1. The Morgan fingerprint density at radius 1 is 0.846 bits per heavy atom. The summed E-state index contributed by atoms with van der Waals surface area (Å²) in [5.74, 6) is 0. The molecule has 2 heterocycles. The Balaban J connectivity index is 0.000000219. The summed E-state index contributed by atoms with van der Waals surface area (Å²) in [5, 5.41) is 6.06. The molecular formula is C24H36N2. The zero-order chi connectivity index (χ0) is 19.5. The second-order valence-electron chi connectivity index (χ2n) is 6.14. The monoisotopic (exact) mass is 352 g/mol. The van der Waals surface area contributed by atoms with E-state index in [2.05, 4.69) is 79.6 Å². The molecule has 0 radical (unpaired) electrons.